The Kier molecular flexibility index (Phi) is 4.18. The Balaban J connectivity index is 1.72. The predicted octanol–water partition coefficient (Wildman–Crippen LogP) is 4.36. The molecule has 0 radical (unpaired) electrons. The van der Waals surface area contributed by atoms with Crippen LogP contribution in [0.4, 0.5) is 0 Å². The lowest BCUT2D eigenvalue weighted by Gasteiger charge is -2.24. The molecular formula is C17H14Cl2O2. The van der Waals surface area contributed by atoms with Crippen molar-refractivity contribution in [2.24, 2.45) is 5.92 Å². The molecule has 108 valence electrons. The third kappa shape index (κ3) is 3.22. The molecule has 0 fully saturated rings. The first kappa shape index (κ1) is 14.4. The van der Waals surface area contributed by atoms with Crippen LogP contribution in [0.5, 0.6) is 5.75 Å². The van der Waals surface area contributed by atoms with Crippen molar-refractivity contribution in [3.63, 3.8) is 0 Å². The van der Waals surface area contributed by atoms with Gasteiger partial charge in [-0.1, -0.05) is 47.5 Å². The Labute approximate surface area is 133 Å². The monoisotopic (exact) mass is 320 g/mol. The van der Waals surface area contributed by atoms with Crippen molar-refractivity contribution in [3.05, 3.63) is 63.6 Å². The molecule has 0 aliphatic carbocycles. The zero-order valence-electron chi connectivity index (χ0n) is 11.3. The minimum atomic E-state index is -0.119. The lowest BCUT2D eigenvalue weighted by Crippen LogP contribution is -2.29. The average Bonchev–Trinajstić information content (AvgIpc) is 2.49. The van der Waals surface area contributed by atoms with Crippen LogP contribution >= 0.6 is 23.2 Å². The van der Waals surface area contributed by atoms with Crippen molar-refractivity contribution in [1.29, 1.82) is 0 Å². The summed E-state index contributed by atoms with van der Waals surface area (Å²) in [6, 6.07) is 13.1. The Morgan fingerprint density at radius 1 is 1.19 bits per heavy atom. The molecule has 2 aromatic rings. The number of hydrogen-bond acceptors (Lipinski definition) is 2. The summed E-state index contributed by atoms with van der Waals surface area (Å²) in [5.41, 5.74) is 1.90. The molecule has 4 heteroatoms. The molecule has 0 spiro atoms. The molecule has 1 aliphatic rings. The van der Waals surface area contributed by atoms with E-state index in [-0.39, 0.29) is 11.7 Å². The average molecular weight is 321 g/mol. The third-order valence-corrected chi connectivity index (χ3v) is 4.30. The second-order valence-electron chi connectivity index (χ2n) is 5.20. The molecule has 3 rings (SSSR count). The summed E-state index contributed by atoms with van der Waals surface area (Å²) in [6.07, 6.45) is 1.03. The van der Waals surface area contributed by atoms with Crippen molar-refractivity contribution < 1.29 is 9.53 Å². The molecule has 1 atom stereocenters. The van der Waals surface area contributed by atoms with Gasteiger partial charge in [0, 0.05) is 16.5 Å². The molecule has 1 heterocycles. The van der Waals surface area contributed by atoms with E-state index in [0.717, 1.165) is 23.3 Å². The summed E-state index contributed by atoms with van der Waals surface area (Å²) in [5, 5.41) is 1.11. The van der Waals surface area contributed by atoms with Crippen molar-refractivity contribution in [2.75, 3.05) is 6.61 Å². The number of hydrogen-bond donors (Lipinski definition) is 0. The van der Waals surface area contributed by atoms with Gasteiger partial charge in [0.1, 0.15) is 11.5 Å². The molecule has 0 N–H and O–H groups in total. The molecule has 0 saturated heterocycles. The summed E-state index contributed by atoms with van der Waals surface area (Å²) in [6.45, 7) is 0.432. The van der Waals surface area contributed by atoms with Gasteiger partial charge in [-0.15, -0.1) is 0 Å². The van der Waals surface area contributed by atoms with Crippen LogP contribution in [-0.2, 0) is 17.6 Å². The molecule has 2 aromatic carbocycles. The number of halogens is 2. The lowest BCUT2D eigenvalue weighted by molar-refractivity contribution is -0.123. The van der Waals surface area contributed by atoms with Gasteiger partial charge in [0.05, 0.1) is 12.5 Å². The first-order chi connectivity index (χ1) is 10.1. The number of ketones is 1. The summed E-state index contributed by atoms with van der Waals surface area (Å²) in [5.74, 6) is 0.909. The maximum absolute atomic E-state index is 12.4. The van der Waals surface area contributed by atoms with Crippen LogP contribution in [0.25, 0.3) is 0 Å². The first-order valence-electron chi connectivity index (χ1n) is 6.81. The van der Waals surface area contributed by atoms with Crippen molar-refractivity contribution in [2.45, 2.75) is 12.8 Å². The number of ether oxygens (including phenoxy) is 1. The van der Waals surface area contributed by atoms with Crippen molar-refractivity contribution >= 4 is 29.0 Å². The highest BCUT2D eigenvalue weighted by atomic mass is 35.5. The minimum absolute atomic E-state index is 0.119. The van der Waals surface area contributed by atoms with Crippen LogP contribution in [0.15, 0.2) is 42.5 Å². The van der Waals surface area contributed by atoms with Crippen LogP contribution in [0.3, 0.4) is 0 Å². The summed E-state index contributed by atoms with van der Waals surface area (Å²) in [4.78, 5) is 12.4. The summed E-state index contributed by atoms with van der Waals surface area (Å²) in [7, 11) is 0. The normalized spacial score (nSPS) is 17.0. The highest BCUT2D eigenvalue weighted by molar-refractivity contribution is 6.35. The van der Waals surface area contributed by atoms with E-state index in [2.05, 4.69) is 0 Å². The van der Waals surface area contributed by atoms with E-state index >= 15 is 0 Å². The van der Waals surface area contributed by atoms with Gasteiger partial charge < -0.3 is 4.74 Å². The third-order valence-electron chi connectivity index (χ3n) is 3.71. The SMILES string of the molecule is O=C(Cc1ccc(Cl)cc1Cl)C1COc2ccccc2C1. The van der Waals surface area contributed by atoms with Crippen LogP contribution in [-0.4, -0.2) is 12.4 Å². The molecule has 0 aromatic heterocycles. The smallest absolute Gasteiger partial charge is 0.144 e. The fraction of sp³-hybridized carbons (Fsp3) is 0.235. The molecule has 0 bridgehead atoms. The fourth-order valence-electron chi connectivity index (χ4n) is 2.53. The van der Waals surface area contributed by atoms with E-state index in [0.29, 0.717) is 23.1 Å². The zero-order chi connectivity index (χ0) is 14.8. The van der Waals surface area contributed by atoms with Gasteiger partial charge in [-0.3, -0.25) is 4.79 Å². The number of Topliss-reactive ketones (excluding diaryl/α,β-unsaturated/α-hetero) is 1. The van der Waals surface area contributed by atoms with Gasteiger partial charge in [-0.05, 0) is 35.7 Å². The van der Waals surface area contributed by atoms with Gasteiger partial charge in [0.2, 0.25) is 0 Å². The van der Waals surface area contributed by atoms with E-state index in [1.165, 1.54) is 0 Å². The van der Waals surface area contributed by atoms with Gasteiger partial charge in [-0.25, -0.2) is 0 Å². The zero-order valence-corrected chi connectivity index (χ0v) is 12.8. The highest BCUT2D eigenvalue weighted by Crippen LogP contribution is 2.29. The van der Waals surface area contributed by atoms with E-state index in [9.17, 15) is 4.79 Å². The summed E-state index contributed by atoms with van der Waals surface area (Å²) >= 11 is 12.0. The Morgan fingerprint density at radius 3 is 2.81 bits per heavy atom. The number of carbonyl (C=O) groups is 1. The lowest BCUT2D eigenvalue weighted by atomic mass is 9.90. The number of carbonyl (C=O) groups excluding carboxylic acids is 1. The van der Waals surface area contributed by atoms with Crippen LogP contribution in [0.1, 0.15) is 11.1 Å². The predicted molar refractivity (Wildman–Crippen MR) is 84.3 cm³/mol. The molecule has 0 amide bonds. The molecular weight excluding hydrogens is 307 g/mol. The molecule has 0 saturated carbocycles. The fourth-order valence-corrected chi connectivity index (χ4v) is 3.01. The Morgan fingerprint density at radius 2 is 2.00 bits per heavy atom. The number of benzene rings is 2. The van der Waals surface area contributed by atoms with E-state index < -0.39 is 0 Å². The Hall–Kier alpha value is -1.51. The molecule has 21 heavy (non-hydrogen) atoms. The highest BCUT2D eigenvalue weighted by Gasteiger charge is 2.26. The van der Waals surface area contributed by atoms with Gasteiger partial charge >= 0.3 is 0 Å². The standard InChI is InChI=1S/C17H14Cl2O2/c18-14-6-5-11(15(19)9-14)8-16(20)13-7-12-3-1-2-4-17(12)21-10-13/h1-6,9,13H,7-8,10H2. The van der Waals surface area contributed by atoms with Crippen LogP contribution in [0, 0.1) is 5.92 Å². The number of rotatable bonds is 3. The second-order valence-corrected chi connectivity index (χ2v) is 6.04. The maximum Gasteiger partial charge on any atom is 0.144 e. The van der Waals surface area contributed by atoms with Crippen molar-refractivity contribution in [1.82, 2.24) is 0 Å². The van der Waals surface area contributed by atoms with Gasteiger partial charge in [0.15, 0.2) is 0 Å². The quantitative estimate of drug-likeness (QED) is 0.840. The number of fused-ring (bicyclic) bond motifs is 1. The van der Waals surface area contributed by atoms with E-state index in [1.807, 2.05) is 24.3 Å². The van der Waals surface area contributed by atoms with Gasteiger partial charge in [0.25, 0.3) is 0 Å². The first-order valence-corrected chi connectivity index (χ1v) is 7.56. The number of para-hydroxylation sites is 1. The topological polar surface area (TPSA) is 26.3 Å². The maximum atomic E-state index is 12.4. The van der Waals surface area contributed by atoms with E-state index in [1.54, 1.807) is 18.2 Å². The van der Waals surface area contributed by atoms with Gasteiger partial charge in [-0.2, -0.15) is 0 Å². The van der Waals surface area contributed by atoms with Crippen LogP contribution in [0.2, 0.25) is 10.0 Å². The minimum Gasteiger partial charge on any atom is -0.493 e. The van der Waals surface area contributed by atoms with Crippen molar-refractivity contribution in [3.8, 4) is 5.75 Å². The molecule has 2 nitrogen and oxygen atoms in total. The molecule has 1 aliphatic heterocycles. The molecule has 1 unspecified atom stereocenters. The summed E-state index contributed by atoms with van der Waals surface area (Å²) < 4.78 is 5.67. The largest absolute Gasteiger partial charge is 0.493 e. The second kappa shape index (κ2) is 6.08. The Bertz CT molecular complexity index is 682. The van der Waals surface area contributed by atoms with E-state index in [4.69, 9.17) is 27.9 Å². The van der Waals surface area contributed by atoms with Crippen LogP contribution < -0.4 is 4.74 Å².